The summed E-state index contributed by atoms with van der Waals surface area (Å²) in [6.07, 6.45) is 0. The molecular weight excluding hydrogens is 382 g/mol. The lowest BCUT2D eigenvalue weighted by Gasteiger charge is -2.15. The van der Waals surface area contributed by atoms with E-state index in [1.54, 1.807) is 0 Å². The Morgan fingerprint density at radius 3 is 2.40 bits per heavy atom. The quantitative estimate of drug-likeness (QED) is 0.577. The molecule has 0 aliphatic heterocycles. The molecule has 2 aromatic carbocycles. The van der Waals surface area contributed by atoms with E-state index in [-0.39, 0.29) is 6.04 Å². The number of halogens is 2. The third-order valence-corrected chi connectivity index (χ3v) is 4.52. The lowest BCUT2D eigenvalue weighted by Crippen LogP contribution is -2.06. The van der Waals surface area contributed by atoms with Crippen LogP contribution in [0, 0.1) is 0 Å². The summed E-state index contributed by atoms with van der Waals surface area (Å²) in [6.45, 7) is 2.09. The lowest BCUT2D eigenvalue weighted by atomic mass is 10.2. The van der Waals surface area contributed by atoms with Crippen LogP contribution in [0.1, 0.15) is 18.7 Å². The van der Waals surface area contributed by atoms with Gasteiger partial charge in [-0.15, -0.1) is 0 Å². The molecule has 20 heavy (non-hydrogen) atoms. The van der Waals surface area contributed by atoms with E-state index in [0.717, 1.165) is 31.4 Å². The third-order valence-electron chi connectivity index (χ3n) is 3.19. The Balaban J connectivity index is 1.91. The average molecular weight is 395 g/mol. The summed E-state index contributed by atoms with van der Waals surface area (Å²) in [7, 11) is 0. The van der Waals surface area contributed by atoms with Crippen LogP contribution in [0.3, 0.4) is 0 Å². The van der Waals surface area contributed by atoms with Gasteiger partial charge in [-0.05, 0) is 63.0 Å². The van der Waals surface area contributed by atoms with Gasteiger partial charge in [0.2, 0.25) is 0 Å². The van der Waals surface area contributed by atoms with E-state index < -0.39 is 0 Å². The van der Waals surface area contributed by atoms with Gasteiger partial charge in [0, 0.05) is 14.3 Å². The fourth-order valence-corrected chi connectivity index (χ4v) is 3.37. The highest BCUT2D eigenvalue weighted by molar-refractivity contribution is 9.11. The van der Waals surface area contributed by atoms with E-state index in [9.17, 15) is 0 Å². The second-order valence-electron chi connectivity index (χ2n) is 4.65. The number of rotatable bonds is 3. The first-order valence-electron chi connectivity index (χ1n) is 6.34. The van der Waals surface area contributed by atoms with Crippen molar-refractivity contribution in [2.24, 2.45) is 0 Å². The number of para-hydroxylation sites is 2. The van der Waals surface area contributed by atoms with E-state index in [4.69, 9.17) is 4.42 Å². The molecule has 1 unspecified atom stereocenters. The highest BCUT2D eigenvalue weighted by atomic mass is 79.9. The number of anilines is 1. The third kappa shape index (κ3) is 2.63. The van der Waals surface area contributed by atoms with Gasteiger partial charge in [-0.1, -0.05) is 24.3 Å². The summed E-state index contributed by atoms with van der Waals surface area (Å²) in [6, 6.07) is 16.2. The number of furan rings is 1. The summed E-state index contributed by atoms with van der Waals surface area (Å²) in [5, 5.41) is 4.60. The van der Waals surface area contributed by atoms with Crippen LogP contribution in [0.4, 0.5) is 5.69 Å². The van der Waals surface area contributed by atoms with Crippen LogP contribution in [-0.4, -0.2) is 0 Å². The van der Waals surface area contributed by atoms with E-state index in [2.05, 4.69) is 56.2 Å². The first-order valence-corrected chi connectivity index (χ1v) is 7.93. The lowest BCUT2D eigenvalue weighted by molar-refractivity contribution is 0.526. The summed E-state index contributed by atoms with van der Waals surface area (Å²) < 4.78 is 7.93. The molecule has 0 spiro atoms. The fourth-order valence-electron chi connectivity index (χ4n) is 2.14. The highest BCUT2D eigenvalue weighted by Gasteiger charge is 2.14. The van der Waals surface area contributed by atoms with Gasteiger partial charge in [0.05, 0.1) is 11.7 Å². The van der Waals surface area contributed by atoms with Crippen molar-refractivity contribution < 1.29 is 4.42 Å². The molecule has 0 amide bonds. The van der Waals surface area contributed by atoms with Crippen molar-refractivity contribution >= 4 is 48.5 Å². The maximum atomic E-state index is 5.89. The summed E-state index contributed by atoms with van der Waals surface area (Å²) in [5.74, 6) is 0.925. The van der Waals surface area contributed by atoms with Crippen LogP contribution in [0.15, 0.2) is 61.9 Å². The molecule has 2 nitrogen and oxygen atoms in total. The first-order chi connectivity index (χ1) is 9.65. The Morgan fingerprint density at radius 2 is 1.70 bits per heavy atom. The van der Waals surface area contributed by atoms with Gasteiger partial charge in [-0.2, -0.15) is 0 Å². The smallest absolute Gasteiger partial charge is 0.134 e. The molecule has 0 saturated carbocycles. The van der Waals surface area contributed by atoms with Gasteiger partial charge < -0.3 is 9.73 Å². The van der Waals surface area contributed by atoms with Crippen molar-refractivity contribution in [2.45, 2.75) is 13.0 Å². The standard InChI is InChI=1S/C16H13Br2NO/c1-10(19-16-12(17)6-4-7-13(16)18)15-9-11-5-2-3-8-14(11)20-15/h2-10,19H,1H3. The van der Waals surface area contributed by atoms with Crippen LogP contribution in [-0.2, 0) is 0 Å². The zero-order chi connectivity index (χ0) is 14.1. The number of nitrogens with one attached hydrogen (secondary N) is 1. The van der Waals surface area contributed by atoms with Crippen LogP contribution in [0.2, 0.25) is 0 Å². The van der Waals surface area contributed by atoms with Crippen LogP contribution in [0.25, 0.3) is 11.0 Å². The Kier molecular flexibility index (Phi) is 3.85. The molecule has 0 aliphatic rings. The van der Waals surface area contributed by atoms with Gasteiger partial charge in [-0.25, -0.2) is 0 Å². The summed E-state index contributed by atoms with van der Waals surface area (Å²) in [5.41, 5.74) is 1.95. The normalized spacial score (nSPS) is 12.6. The van der Waals surface area contributed by atoms with Gasteiger partial charge >= 0.3 is 0 Å². The molecule has 1 heterocycles. The Bertz CT molecular complexity index is 698. The SMILES string of the molecule is CC(Nc1c(Br)cccc1Br)c1cc2ccccc2o1. The Morgan fingerprint density at radius 1 is 1.00 bits per heavy atom. The molecule has 1 N–H and O–H groups in total. The molecule has 0 bridgehead atoms. The molecule has 1 atom stereocenters. The van der Waals surface area contributed by atoms with Crippen molar-refractivity contribution in [3.8, 4) is 0 Å². The Labute approximate surface area is 134 Å². The predicted molar refractivity (Wildman–Crippen MR) is 90.1 cm³/mol. The second-order valence-corrected chi connectivity index (χ2v) is 6.36. The van der Waals surface area contributed by atoms with E-state index in [0.29, 0.717) is 0 Å². The zero-order valence-electron chi connectivity index (χ0n) is 10.9. The fraction of sp³-hybridized carbons (Fsp3) is 0.125. The highest BCUT2D eigenvalue weighted by Crippen LogP contribution is 2.34. The molecule has 0 saturated heterocycles. The molecule has 0 fully saturated rings. The maximum absolute atomic E-state index is 5.89. The topological polar surface area (TPSA) is 25.2 Å². The zero-order valence-corrected chi connectivity index (χ0v) is 14.0. The second kappa shape index (κ2) is 5.62. The minimum absolute atomic E-state index is 0.0809. The number of hydrogen-bond acceptors (Lipinski definition) is 2. The predicted octanol–water partition coefficient (Wildman–Crippen LogP) is 6.13. The summed E-state index contributed by atoms with van der Waals surface area (Å²) in [4.78, 5) is 0. The molecule has 1 aromatic heterocycles. The van der Waals surface area contributed by atoms with Crippen LogP contribution in [0.5, 0.6) is 0 Å². The van der Waals surface area contributed by atoms with Crippen molar-refractivity contribution in [1.82, 2.24) is 0 Å². The van der Waals surface area contributed by atoms with Crippen molar-refractivity contribution in [1.29, 1.82) is 0 Å². The molecule has 4 heteroatoms. The minimum atomic E-state index is 0.0809. The van der Waals surface area contributed by atoms with Gasteiger partial charge in [0.15, 0.2) is 0 Å². The Hall–Kier alpha value is -1.26. The molecule has 102 valence electrons. The molecule has 3 aromatic rings. The van der Waals surface area contributed by atoms with Crippen molar-refractivity contribution in [2.75, 3.05) is 5.32 Å². The monoisotopic (exact) mass is 393 g/mol. The summed E-state index contributed by atoms with van der Waals surface area (Å²) >= 11 is 7.12. The molecule has 0 aliphatic carbocycles. The van der Waals surface area contributed by atoms with Gasteiger partial charge in [0.1, 0.15) is 11.3 Å². The van der Waals surface area contributed by atoms with Crippen LogP contribution < -0.4 is 5.32 Å². The largest absolute Gasteiger partial charge is 0.459 e. The van der Waals surface area contributed by atoms with Crippen LogP contribution >= 0.6 is 31.9 Å². The molecule has 0 radical (unpaired) electrons. The van der Waals surface area contributed by atoms with E-state index >= 15 is 0 Å². The van der Waals surface area contributed by atoms with E-state index in [1.165, 1.54) is 0 Å². The number of benzene rings is 2. The molecule has 3 rings (SSSR count). The minimum Gasteiger partial charge on any atom is -0.459 e. The van der Waals surface area contributed by atoms with Gasteiger partial charge in [0.25, 0.3) is 0 Å². The number of fused-ring (bicyclic) bond motifs is 1. The maximum Gasteiger partial charge on any atom is 0.134 e. The first kappa shape index (κ1) is 13.7. The molecular formula is C16H13Br2NO. The van der Waals surface area contributed by atoms with Gasteiger partial charge in [-0.3, -0.25) is 0 Å². The van der Waals surface area contributed by atoms with Crippen molar-refractivity contribution in [3.63, 3.8) is 0 Å². The number of hydrogen-bond donors (Lipinski definition) is 1. The van der Waals surface area contributed by atoms with E-state index in [1.807, 2.05) is 36.4 Å². The average Bonchev–Trinajstić information content (AvgIpc) is 2.87. The van der Waals surface area contributed by atoms with Crippen molar-refractivity contribution in [3.05, 3.63) is 63.2 Å².